The molecule has 4 aromatic rings. The van der Waals surface area contributed by atoms with Crippen LogP contribution in [0.5, 0.6) is 11.5 Å². The van der Waals surface area contributed by atoms with Gasteiger partial charge in [-0.1, -0.05) is 41.9 Å². The third-order valence-electron chi connectivity index (χ3n) is 4.57. The summed E-state index contributed by atoms with van der Waals surface area (Å²) in [6.07, 6.45) is 0. The number of aryl methyl sites for hydroxylation is 1. The summed E-state index contributed by atoms with van der Waals surface area (Å²) in [4.78, 5) is 25.1. The predicted molar refractivity (Wildman–Crippen MR) is 115 cm³/mol. The second kappa shape index (κ2) is 8.62. The van der Waals surface area contributed by atoms with Crippen molar-refractivity contribution in [3.05, 3.63) is 93.6 Å². The molecule has 3 aromatic carbocycles. The summed E-state index contributed by atoms with van der Waals surface area (Å²) >= 11 is 5.87. The average Bonchev–Trinajstić information content (AvgIpc) is 2.73. The van der Waals surface area contributed by atoms with Crippen molar-refractivity contribution in [1.82, 2.24) is 0 Å². The van der Waals surface area contributed by atoms with E-state index in [1.54, 1.807) is 13.0 Å². The van der Waals surface area contributed by atoms with Crippen LogP contribution in [0.3, 0.4) is 0 Å². The highest BCUT2D eigenvalue weighted by atomic mass is 35.5. The number of hydrogen-bond donors (Lipinski definition) is 0. The number of benzene rings is 3. The van der Waals surface area contributed by atoms with Crippen molar-refractivity contribution in [2.45, 2.75) is 6.92 Å². The van der Waals surface area contributed by atoms with Crippen LogP contribution in [0.2, 0.25) is 5.02 Å². The van der Waals surface area contributed by atoms with Gasteiger partial charge in [0.2, 0.25) is 5.43 Å². The highest BCUT2D eigenvalue weighted by Crippen LogP contribution is 2.27. The van der Waals surface area contributed by atoms with Crippen molar-refractivity contribution < 1.29 is 23.1 Å². The number of carbonyl (C=O) groups excluding carboxylic acids is 1. The molecule has 0 spiro atoms. The maximum absolute atomic E-state index is 13.1. The van der Waals surface area contributed by atoms with Crippen molar-refractivity contribution in [2.24, 2.45) is 0 Å². The van der Waals surface area contributed by atoms with Crippen LogP contribution in [0.1, 0.15) is 5.76 Å². The molecule has 0 aliphatic carbocycles. The zero-order chi connectivity index (χ0) is 22.0. The van der Waals surface area contributed by atoms with Gasteiger partial charge in [-0.05, 0) is 42.8 Å². The van der Waals surface area contributed by atoms with Gasteiger partial charge in [0.25, 0.3) is 0 Å². The van der Waals surface area contributed by atoms with Crippen LogP contribution in [0, 0.1) is 12.7 Å². The molecule has 0 atom stereocenters. The maximum atomic E-state index is 13.1. The largest absolute Gasteiger partial charge is 0.480 e. The SMILES string of the molecule is Cc1oc2cc(OC(=O)COc3ccc(F)cc3Cl)ccc2c(=O)c1-c1ccccc1. The van der Waals surface area contributed by atoms with Crippen LogP contribution in [0.15, 0.2) is 75.9 Å². The van der Waals surface area contributed by atoms with E-state index in [4.69, 9.17) is 25.5 Å². The molecule has 1 heterocycles. The van der Waals surface area contributed by atoms with Gasteiger partial charge in [0.05, 0.1) is 16.0 Å². The Labute approximate surface area is 181 Å². The molecule has 0 fully saturated rings. The summed E-state index contributed by atoms with van der Waals surface area (Å²) in [6.45, 7) is 1.28. The van der Waals surface area contributed by atoms with E-state index in [9.17, 15) is 14.0 Å². The van der Waals surface area contributed by atoms with Crippen molar-refractivity contribution in [3.8, 4) is 22.6 Å². The van der Waals surface area contributed by atoms with Crippen LogP contribution >= 0.6 is 11.6 Å². The Morgan fingerprint density at radius 3 is 2.58 bits per heavy atom. The van der Waals surface area contributed by atoms with Crippen molar-refractivity contribution in [2.75, 3.05) is 6.61 Å². The van der Waals surface area contributed by atoms with E-state index in [-0.39, 0.29) is 22.0 Å². The van der Waals surface area contributed by atoms with E-state index in [0.717, 1.165) is 11.6 Å². The molecular formula is C24H16ClFO5. The average molecular weight is 439 g/mol. The van der Waals surface area contributed by atoms with Crippen LogP contribution in [0.25, 0.3) is 22.1 Å². The normalized spacial score (nSPS) is 10.8. The standard InChI is InChI=1S/C24H16ClFO5/c1-14-23(15-5-3-2-4-6-15)24(28)18-9-8-17(12-21(18)30-14)31-22(27)13-29-20-10-7-16(26)11-19(20)25/h2-12H,13H2,1H3. The lowest BCUT2D eigenvalue weighted by Crippen LogP contribution is -2.18. The molecule has 0 aliphatic heterocycles. The fraction of sp³-hybridized carbons (Fsp3) is 0.0833. The first kappa shape index (κ1) is 20.6. The van der Waals surface area contributed by atoms with Gasteiger partial charge in [-0.3, -0.25) is 4.79 Å². The molecule has 0 amide bonds. The Kier molecular flexibility index (Phi) is 5.73. The lowest BCUT2D eigenvalue weighted by Gasteiger charge is -2.10. The predicted octanol–water partition coefficient (Wildman–Crippen LogP) is 5.55. The minimum atomic E-state index is -0.695. The number of hydrogen-bond acceptors (Lipinski definition) is 5. The highest BCUT2D eigenvalue weighted by molar-refractivity contribution is 6.32. The van der Waals surface area contributed by atoms with Gasteiger partial charge in [0, 0.05) is 6.07 Å². The Morgan fingerprint density at radius 2 is 1.84 bits per heavy atom. The fourth-order valence-corrected chi connectivity index (χ4v) is 3.40. The number of esters is 1. The Hall–Kier alpha value is -3.64. The van der Waals surface area contributed by atoms with Crippen LogP contribution in [-0.4, -0.2) is 12.6 Å². The third-order valence-corrected chi connectivity index (χ3v) is 4.87. The van der Waals surface area contributed by atoms with E-state index in [1.165, 1.54) is 24.3 Å². The zero-order valence-electron chi connectivity index (χ0n) is 16.4. The quantitative estimate of drug-likeness (QED) is 0.302. The molecule has 7 heteroatoms. The van der Waals surface area contributed by atoms with Crippen molar-refractivity contribution in [3.63, 3.8) is 0 Å². The van der Waals surface area contributed by atoms with Crippen LogP contribution in [0.4, 0.5) is 4.39 Å². The first-order valence-corrected chi connectivity index (χ1v) is 9.71. The summed E-state index contributed by atoms with van der Waals surface area (Å²) in [5.74, 6) is -0.389. The summed E-state index contributed by atoms with van der Waals surface area (Å²) in [5.41, 5.74) is 1.39. The number of carbonyl (C=O) groups is 1. The smallest absolute Gasteiger partial charge is 0.349 e. The second-order valence-electron chi connectivity index (χ2n) is 6.72. The fourth-order valence-electron chi connectivity index (χ4n) is 3.18. The van der Waals surface area contributed by atoms with Gasteiger partial charge in [-0.25, -0.2) is 9.18 Å². The van der Waals surface area contributed by atoms with Crippen LogP contribution < -0.4 is 14.9 Å². The number of ether oxygens (including phenoxy) is 2. The van der Waals surface area contributed by atoms with Gasteiger partial charge in [0.1, 0.15) is 28.7 Å². The van der Waals surface area contributed by atoms with Gasteiger partial charge in [-0.2, -0.15) is 0 Å². The van der Waals surface area contributed by atoms with Crippen LogP contribution in [-0.2, 0) is 4.79 Å². The monoisotopic (exact) mass is 438 g/mol. The van der Waals surface area contributed by atoms with Crippen molar-refractivity contribution in [1.29, 1.82) is 0 Å². The van der Waals surface area contributed by atoms with Gasteiger partial charge in [-0.15, -0.1) is 0 Å². The summed E-state index contributed by atoms with van der Waals surface area (Å²) in [6, 6.07) is 17.4. The Morgan fingerprint density at radius 1 is 1.06 bits per heavy atom. The lowest BCUT2D eigenvalue weighted by molar-refractivity contribution is -0.136. The van der Waals surface area contributed by atoms with E-state index >= 15 is 0 Å². The molecule has 0 saturated heterocycles. The first-order valence-electron chi connectivity index (χ1n) is 9.34. The minimum Gasteiger partial charge on any atom is -0.480 e. The molecule has 5 nitrogen and oxygen atoms in total. The second-order valence-corrected chi connectivity index (χ2v) is 7.13. The Bertz CT molecular complexity index is 1330. The molecule has 0 aliphatic rings. The minimum absolute atomic E-state index is 0.0463. The number of fused-ring (bicyclic) bond motifs is 1. The zero-order valence-corrected chi connectivity index (χ0v) is 17.1. The Balaban J connectivity index is 1.54. The molecular weight excluding hydrogens is 423 g/mol. The summed E-state index contributed by atoms with van der Waals surface area (Å²) in [7, 11) is 0. The molecule has 1 aromatic heterocycles. The molecule has 4 rings (SSSR count). The van der Waals surface area contributed by atoms with E-state index in [1.807, 2.05) is 30.3 Å². The molecule has 0 bridgehead atoms. The molecule has 0 radical (unpaired) electrons. The highest BCUT2D eigenvalue weighted by Gasteiger charge is 2.15. The molecule has 0 unspecified atom stereocenters. The lowest BCUT2D eigenvalue weighted by atomic mass is 10.0. The maximum Gasteiger partial charge on any atom is 0.349 e. The summed E-state index contributed by atoms with van der Waals surface area (Å²) in [5, 5.41) is 0.420. The summed E-state index contributed by atoms with van der Waals surface area (Å²) < 4.78 is 29.4. The number of rotatable bonds is 5. The van der Waals surface area contributed by atoms with E-state index in [0.29, 0.717) is 22.3 Å². The van der Waals surface area contributed by atoms with E-state index in [2.05, 4.69) is 0 Å². The first-order chi connectivity index (χ1) is 14.9. The van der Waals surface area contributed by atoms with Gasteiger partial charge < -0.3 is 13.9 Å². The van der Waals surface area contributed by atoms with Gasteiger partial charge in [0.15, 0.2) is 6.61 Å². The number of halogens is 2. The van der Waals surface area contributed by atoms with Gasteiger partial charge >= 0.3 is 5.97 Å². The molecule has 156 valence electrons. The topological polar surface area (TPSA) is 65.7 Å². The molecule has 0 N–H and O–H groups in total. The third kappa shape index (κ3) is 4.44. The van der Waals surface area contributed by atoms with Crippen molar-refractivity contribution >= 4 is 28.5 Å². The van der Waals surface area contributed by atoms with E-state index < -0.39 is 18.4 Å². The molecule has 0 saturated carbocycles. The molecule has 31 heavy (non-hydrogen) atoms.